The molecular formula is C13H18N2O2. The minimum absolute atomic E-state index is 0.251. The SMILES string of the molecule is CC(C)NCc1cccc(N2CCOC2=O)c1. The van der Waals surface area contributed by atoms with Crippen LogP contribution in [0.1, 0.15) is 19.4 Å². The third kappa shape index (κ3) is 2.97. The van der Waals surface area contributed by atoms with Crippen molar-refractivity contribution >= 4 is 11.8 Å². The molecule has 1 aromatic carbocycles. The van der Waals surface area contributed by atoms with Crippen LogP contribution in [-0.2, 0) is 11.3 Å². The molecule has 1 saturated heterocycles. The predicted molar refractivity (Wildman–Crippen MR) is 67.1 cm³/mol. The van der Waals surface area contributed by atoms with E-state index >= 15 is 0 Å². The van der Waals surface area contributed by atoms with Gasteiger partial charge in [0.25, 0.3) is 0 Å². The van der Waals surface area contributed by atoms with Crippen molar-refractivity contribution in [3.8, 4) is 0 Å². The molecule has 1 fully saturated rings. The predicted octanol–water partition coefficient (Wildman–Crippen LogP) is 2.14. The highest BCUT2D eigenvalue weighted by molar-refractivity contribution is 5.89. The second-order valence-corrected chi connectivity index (χ2v) is 4.47. The molecule has 0 unspecified atom stereocenters. The van der Waals surface area contributed by atoms with Gasteiger partial charge in [0.2, 0.25) is 0 Å². The van der Waals surface area contributed by atoms with Crippen LogP contribution in [0.4, 0.5) is 10.5 Å². The molecule has 0 radical (unpaired) electrons. The Morgan fingerprint density at radius 1 is 1.47 bits per heavy atom. The zero-order chi connectivity index (χ0) is 12.3. The number of benzene rings is 1. The van der Waals surface area contributed by atoms with Crippen molar-refractivity contribution in [3.05, 3.63) is 29.8 Å². The molecule has 4 nitrogen and oxygen atoms in total. The molecule has 17 heavy (non-hydrogen) atoms. The molecule has 1 N–H and O–H groups in total. The molecule has 1 amide bonds. The molecular weight excluding hydrogens is 216 g/mol. The molecule has 4 heteroatoms. The standard InChI is InChI=1S/C13H18N2O2/c1-10(2)14-9-11-4-3-5-12(8-11)15-6-7-17-13(15)16/h3-5,8,10,14H,6-7,9H2,1-2H3. The summed E-state index contributed by atoms with van der Waals surface area (Å²) in [7, 11) is 0. The summed E-state index contributed by atoms with van der Waals surface area (Å²) in [6, 6.07) is 8.45. The lowest BCUT2D eigenvalue weighted by Gasteiger charge is -2.14. The van der Waals surface area contributed by atoms with Crippen molar-refractivity contribution in [1.29, 1.82) is 0 Å². The van der Waals surface area contributed by atoms with E-state index in [4.69, 9.17) is 4.74 Å². The Kier molecular flexibility index (Phi) is 3.64. The van der Waals surface area contributed by atoms with Crippen LogP contribution >= 0.6 is 0 Å². The van der Waals surface area contributed by atoms with Crippen molar-refractivity contribution in [3.63, 3.8) is 0 Å². The van der Waals surface area contributed by atoms with Gasteiger partial charge in [-0.15, -0.1) is 0 Å². The Bertz CT molecular complexity index is 404. The summed E-state index contributed by atoms with van der Waals surface area (Å²) in [5.74, 6) is 0. The number of anilines is 1. The van der Waals surface area contributed by atoms with E-state index in [1.165, 1.54) is 5.56 Å². The van der Waals surface area contributed by atoms with Crippen molar-refractivity contribution in [2.45, 2.75) is 26.4 Å². The first-order chi connectivity index (χ1) is 8.16. The Labute approximate surface area is 102 Å². The lowest BCUT2D eigenvalue weighted by molar-refractivity contribution is 0.181. The first kappa shape index (κ1) is 11.9. The molecule has 1 aromatic rings. The third-order valence-electron chi connectivity index (χ3n) is 2.70. The number of rotatable bonds is 4. The van der Waals surface area contributed by atoms with Crippen LogP contribution in [-0.4, -0.2) is 25.3 Å². The van der Waals surface area contributed by atoms with Crippen molar-refractivity contribution in [1.82, 2.24) is 5.32 Å². The zero-order valence-corrected chi connectivity index (χ0v) is 10.3. The molecule has 1 aliphatic rings. The van der Waals surface area contributed by atoms with Crippen LogP contribution in [0.15, 0.2) is 24.3 Å². The Morgan fingerprint density at radius 2 is 2.29 bits per heavy atom. The average Bonchev–Trinajstić information content (AvgIpc) is 2.73. The number of nitrogens with one attached hydrogen (secondary N) is 1. The maximum atomic E-state index is 11.4. The van der Waals surface area contributed by atoms with Crippen LogP contribution in [0.25, 0.3) is 0 Å². The van der Waals surface area contributed by atoms with Gasteiger partial charge in [0.1, 0.15) is 6.61 Å². The molecule has 0 atom stereocenters. The molecule has 1 aliphatic heterocycles. The van der Waals surface area contributed by atoms with Crippen LogP contribution < -0.4 is 10.2 Å². The molecule has 0 spiro atoms. The van der Waals surface area contributed by atoms with Gasteiger partial charge in [0, 0.05) is 18.3 Å². The second kappa shape index (κ2) is 5.19. The van der Waals surface area contributed by atoms with E-state index in [1.807, 2.05) is 18.2 Å². The quantitative estimate of drug-likeness (QED) is 0.867. The van der Waals surface area contributed by atoms with Crippen molar-refractivity contribution in [2.75, 3.05) is 18.1 Å². The second-order valence-electron chi connectivity index (χ2n) is 4.47. The normalized spacial score (nSPS) is 15.5. The van der Waals surface area contributed by atoms with Gasteiger partial charge in [0.05, 0.1) is 6.54 Å². The van der Waals surface area contributed by atoms with E-state index in [0.29, 0.717) is 19.2 Å². The number of hydrogen-bond donors (Lipinski definition) is 1. The van der Waals surface area contributed by atoms with Gasteiger partial charge in [-0.05, 0) is 17.7 Å². The van der Waals surface area contributed by atoms with E-state index in [9.17, 15) is 4.79 Å². The number of cyclic esters (lactones) is 1. The zero-order valence-electron chi connectivity index (χ0n) is 10.3. The number of carbonyl (C=O) groups is 1. The van der Waals surface area contributed by atoms with Crippen LogP contribution in [0, 0.1) is 0 Å². The molecule has 0 bridgehead atoms. The number of ether oxygens (including phenoxy) is 1. The fourth-order valence-corrected chi connectivity index (χ4v) is 1.78. The van der Waals surface area contributed by atoms with E-state index < -0.39 is 0 Å². The van der Waals surface area contributed by atoms with Gasteiger partial charge in [-0.2, -0.15) is 0 Å². The summed E-state index contributed by atoms with van der Waals surface area (Å²) in [4.78, 5) is 13.1. The average molecular weight is 234 g/mol. The maximum absolute atomic E-state index is 11.4. The van der Waals surface area contributed by atoms with Crippen LogP contribution in [0.2, 0.25) is 0 Å². The molecule has 1 heterocycles. The molecule has 92 valence electrons. The van der Waals surface area contributed by atoms with Crippen LogP contribution in [0.3, 0.4) is 0 Å². The molecule has 0 aromatic heterocycles. The molecule has 2 rings (SSSR count). The minimum atomic E-state index is -0.251. The van der Waals surface area contributed by atoms with E-state index in [2.05, 4.69) is 25.2 Å². The van der Waals surface area contributed by atoms with Gasteiger partial charge in [-0.3, -0.25) is 4.90 Å². The Balaban J connectivity index is 2.08. The van der Waals surface area contributed by atoms with E-state index in [1.54, 1.807) is 4.90 Å². The van der Waals surface area contributed by atoms with Crippen molar-refractivity contribution < 1.29 is 9.53 Å². The highest BCUT2D eigenvalue weighted by Crippen LogP contribution is 2.19. The lowest BCUT2D eigenvalue weighted by Crippen LogP contribution is -2.24. The summed E-state index contributed by atoms with van der Waals surface area (Å²) in [6.45, 7) is 6.16. The topological polar surface area (TPSA) is 41.6 Å². The van der Waals surface area contributed by atoms with E-state index in [0.717, 1.165) is 12.2 Å². The number of carbonyl (C=O) groups excluding carboxylic acids is 1. The maximum Gasteiger partial charge on any atom is 0.414 e. The first-order valence-corrected chi connectivity index (χ1v) is 5.93. The molecule has 0 saturated carbocycles. The van der Waals surface area contributed by atoms with Gasteiger partial charge >= 0.3 is 6.09 Å². The number of hydrogen-bond acceptors (Lipinski definition) is 3. The Morgan fingerprint density at radius 3 is 2.94 bits per heavy atom. The summed E-state index contributed by atoms with van der Waals surface area (Å²) >= 11 is 0. The van der Waals surface area contributed by atoms with Gasteiger partial charge in [-0.1, -0.05) is 26.0 Å². The Hall–Kier alpha value is -1.55. The summed E-state index contributed by atoms with van der Waals surface area (Å²) in [5.41, 5.74) is 2.09. The van der Waals surface area contributed by atoms with Gasteiger partial charge < -0.3 is 10.1 Å². The minimum Gasteiger partial charge on any atom is -0.447 e. The first-order valence-electron chi connectivity index (χ1n) is 5.93. The van der Waals surface area contributed by atoms with E-state index in [-0.39, 0.29) is 6.09 Å². The summed E-state index contributed by atoms with van der Waals surface area (Å²) in [5, 5.41) is 3.36. The van der Waals surface area contributed by atoms with Gasteiger partial charge in [0.15, 0.2) is 0 Å². The highest BCUT2D eigenvalue weighted by atomic mass is 16.6. The van der Waals surface area contributed by atoms with Gasteiger partial charge in [-0.25, -0.2) is 4.79 Å². The summed E-state index contributed by atoms with van der Waals surface area (Å²) in [6.07, 6.45) is -0.251. The number of amides is 1. The fourth-order valence-electron chi connectivity index (χ4n) is 1.78. The largest absolute Gasteiger partial charge is 0.447 e. The monoisotopic (exact) mass is 234 g/mol. The van der Waals surface area contributed by atoms with Crippen LogP contribution in [0.5, 0.6) is 0 Å². The van der Waals surface area contributed by atoms with Crippen molar-refractivity contribution in [2.24, 2.45) is 0 Å². The molecule has 0 aliphatic carbocycles. The number of nitrogens with zero attached hydrogens (tertiary/aromatic N) is 1. The fraction of sp³-hybridized carbons (Fsp3) is 0.462. The highest BCUT2D eigenvalue weighted by Gasteiger charge is 2.23. The lowest BCUT2D eigenvalue weighted by atomic mass is 10.2. The third-order valence-corrected chi connectivity index (χ3v) is 2.70. The smallest absolute Gasteiger partial charge is 0.414 e. The summed E-state index contributed by atoms with van der Waals surface area (Å²) < 4.78 is 4.93.